The molecule has 266 valence electrons. The molecule has 52 heavy (non-hydrogen) atoms. The summed E-state index contributed by atoms with van der Waals surface area (Å²) in [5, 5.41) is 20.9. The Bertz CT molecular complexity index is 2080. The number of carbonyl (C=O) groups is 1. The normalized spacial score (nSPS) is 18.4. The van der Waals surface area contributed by atoms with Crippen LogP contribution in [0.3, 0.4) is 0 Å². The van der Waals surface area contributed by atoms with Gasteiger partial charge in [-0.2, -0.15) is 9.83 Å². The van der Waals surface area contributed by atoms with E-state index >= 15 is 0 Å². The van der Waals surface area contributed by atoms with Crippen molar-refractivity contribution in [3.63, 3.8) is 0 Å². The topological polar surface area (TPSA) is 151 Å². The summed E-state index contributed by atoms with van der Waals surface area (Å²) in [7, 11) is 3.16. The molecule has 0 amide bonds. The Labute approximate surface area is 299 Å². The summed E-state index contributed by atoms with van der Waals surface area (Å²) < 4.78 is 31.7. The van der Waals surface area contributed by atoms with Crippen LogP contribution < -0.4 is 20.7 Å². The van der Waals surface area contributed by atoms with Crippen LogP contribution in [0.5, 0.6) is 11.5 Å². The third-order valence-electron chi connectivity index (χ3n) is 8.98. The molecule has 1 aromatic heterocycles. The molecule has 4 atom stereocenters. The van der Waals surface area contributed by atoms with E-state index in [-0.39, 0.29) is 25.2 Å². The fourth-order valence-corrected chi connectivity index (χ4v) is 6.36. The van der Waals surface area contributed by atoms with Crippen LogP contribution in [-0.2, 0) is 19.8 Å². The first-order valence-electron chi connectivity index (χ1n) is 16.6. The van der Waals surface area contributed by atoms with Gasteiger partial charge in [-0.05, 0) is 53.1 Å². The minimum atomic E-state index is -1.36. The van der Waals surface area contributed by atoms with E-state index < -0.39 is 47.3 Å². The first-order chi connectivity index (χ1) is 25.3. The number of rotatable bonds is 13. The van der Waals surface area contributed by atoms with Crippen LogP contribution in [-0.4, -0.2) is 65.9 Å². The van der Waals surface area contributed by atoms with Crippen molar-refractivity contribution in [2.24, 2.45) is 0 Å². The van der Waals surface area contributed by atoms with Crippen LogP contribution in [0.1, 0.15) is 39.7 Å². The zero-order chi connectivity index (χ0) is 36.7. The van der Waals surface area contributed by atoms with E-state index in [9.17, 15) is 24.8 Å². The van der Waals surface area contributed by atoms with Crippen LogP contribution in [0.15, 0.2) is 131 Å². The Morgan fingerprint density at radius 2 is 1.38 bits per heavy atom. The Kier molecular flexibility index (Phi) is 11.1. The number of carbonyl (C=O) groups excluding carboxylic acids is 1. The van der Waals surface area contributed by atoms with Crippen molar-refractivity contribution in [1.29, 1.82) is 5.26 Å². The third kappa shape index (κ3) is 7.03. The summed E-state index contributed by atoms with van der Waals surface area (Å²) >= 11 is 0. The molecule has 6 rings (SSSR count). The average Bonchev–Trinajstić information content (AvgIpc) is 3.50. The van der Waals surface area contributed by atoms with Gasteiger partial charge < -0.3 is 28.8 Å². The molecule has 0 aliphatic carbocycles. The van der Waals surface area contributed by atoms with Crippen molar-refractivity contribution >= 4 is 5.91 Å². The van der Waals surface area contributed by atoms with Crippen LogP contribution in [0, 0.1) is 11.3 Å². The standard InChI is InChI=1S/C40H37N3O9/c1-48-31-18-14-29(15-19-31)40(28-12-7-4-8-13-28,30-16-20-32(49-2)21-17-30)51-26-33-35(45)36(50-25-9-23-41)38(52-33)42-24-22-34(44)43(39(42)47)37(46)27-10-5-3-6-11-27/h3-8,10-22,24,33,35-36,38,45H,9,25-26H2,1-2H3/t33-,35-,36-,38-/m1/s1. The van der Waals surface area contributed by atoms with E-state index in [1.807, 2.05) is 84.9 Å². The number of ether oxygens (including phenoxy) is 5. The minimum Gasteiger partial charge on any atom is -0.497 e. The number of aliphatic hydroxyl groups is 1. The van der Waals surface area contributed by atoms with Gasteiger partial charge in [-0.25, -0.2) is 4.79 Å². The Morgan fingerprint density at radius 3 is 1.94 bits per heavy atom. The lowest BCUT2D eigenvalue weighted by atomic mass is 9.80. The molecule has 0 bridgehead atoms. The fourth-order valence-electron chi connectivity index (χ4n) is 6.36. The van der Waals surface area contributed by atoms with E-state index in [2.05, 4.69) is 0 Å². The number of aromatic nitrogens is 2. The monoisotopic (exact) mass is 703 g/mol. The largest absolute Gasteiger partial charge is 0.497 e. The molecular weight excluding hydrogens is 666 g/mol. The second kappa shape index (κ2) is 16.0. The molecule has 1 fully saturated rings. The molecule has 5 aromatic rings. The average molecular weight is 704 g/mol. The highest BCUT2D eigenvalue weighted by molar-refractivity contribution is 5.95. The SMILES string of the molecule is COc1ccc(C(OC[C@H]2O[C@@H](n3ccc(=O)n(C(=O)c4ccccc4)c3=O)[C@H](OCCC#N)[C@@H]2O)(c2ccccc2)c2ccc(OC)cc2)cc1. The van der Waals surface area contributed by atoms with Crippen LogP contribution >= 0.6 is 0 Å². The highest BCUT2D eigenvalue weighted by Gasteiger charge is 2.48. The molecule has 0 saturated carbocycles. The Balaban J connectivity index is 1.41. The summed E-state index contributed by atoms with van der Waals surface area (Å²) in [6, 6.07) is 35.4. The smallest absolute Gasteiger partial charge is 0.340 e. The molecular formula is C40H37N3O9. The maximum Gasteiger partial charge on any atom is 0.340 e. The van der Waals surface area contributed by atoms with Crippen molar-refractivity contribution in [3.05, 3.63) is 165 Å². The molecule has 12 heteroatoms. The quantitative estimate of drug-likeness (QED) is 0.139. The number of hydrogen-bond acceptors (Lipinski definition) is 10. The maximum absolute atomic E-state index is 13.8. The third-order valence-corrected chi connectivity index (χ3v) is 8.98. The summed E-state index contributed by atoms with van der Waals surface area (Å²) in [4.78, 5) is 40.0. The van der Waals surface area contributed by atoms with Crippen LogP contribution in [0.2, 0.25) is 0 Å². The number of hydrogen-bond donors (Lipinski definition) is 1. The van der Waals surface area contributed by atoms with Gasteiger partial charge in [0.15, 0.2) is 6.23 Å². The lowest BCUT2D eigenvalue weighted by molar-refractivity contribution is -0.0982. The fraction of sp³-hybridized carbons (Fsp3) is 0.250. The maximum atomic E-state index is 13.8. The molecule has 1 saturated heterocycles. The second-order valence-corrected chi connectivity index (χ2v) is 12.0. The van der Waals surface area contributed by atoms with E-state index in [1.54, 1.807) is 32.4 Å². The molecule has 1 aliphatic rings. The number of aliphatic hydroxyl groups excluding tert-OH is 1. The number of benzene rings is 4. The molecule has 0 unspecified atom stereocenters. The van der Waals surface area contributed by atoms with Gasteiger partial charge in [-0.1, -0.05) is 72.8 Å². The summed E-state index contributed by atoms with van der Waals surface area (Å²) in [5.74, 6) is 0.470. The highest BCUT2D eigenvalue weighted by atomic mass is 16.6. The second-order valence-electron chi connectivity index (χ2n) is 12.0. The lowest BCUT2D eigenvalue weighted by Crippen LogP contribution is -2.46. The molecule has 2 heterocycles. The molecule has 1 N–H and O–H groups in total. The van der Waals surface area contributed by atoms with Gasteiger partial charge in [0, 0.05) is 17.8 Å². The first kappa shape index (κ1) is 36.0. The zero-order valence-electron chi connectivity index (χ0n) is 28.5. The molecule has 0 radical (unpaired) electrons. The predicted molar refractivity (Wildman–Crippen MR) is 189 cm³/mol. The Morgan fingerprint density at radius 1 is 0.827 bits per heavy atom. The van der Waals surface area contributed by atoms with E-state index in [0.29, 0.717) is 16.1 Å². The van der Waals surface area contributed by atoms with Crippen LogP contribution in [0.4, 0.5) is 0 Å². The molecule has 4 aromatic carbocycles. The van der Waals surface area contributed by atoms with Crippen molar-refractivity contribution in [1.82, 2.24) is 9.13 Å². The van der Waals surface area contributed by atoms with Crippen molar-refractivity contribution < 1.29 is 33.6 Å². The predicted octanol–water partition coefficient (Wildman–Crippen LogP) is 4.28. The summed E-state index contributed by atoms with van der Waals surface area (Å²) in [6.07, 6.45) is -3.70. The van der Waals surface area contributed by atoms with Gasteiger partial charge >= 0.3 is 5.69 Å². The summed E-state index contributed by atoms with van der Waals surface area (Å²) in [5.41, 5.74) is -0.652. The Hall–Kier alpha value is -5.84. The van der Waals surface area contributed by atoms with Gasteiger partial charge in [-0.15, -0.1) is 0 Å². The van der Waals surface area contributed by atoms with Crippen molar-refractivity contribution in [2.45, 2.75) is 36.6 Å². The van der Waals surface area contributed by atoms with Gasteiger partial charge in [0.25, 0.3) is 11.5 Å². The van der Waals surface area contributed by atoms with Gasteiger partial charge in [0.05, 0.1) is 39.9 Å². The number of methoxy groups -OCH3 is 2. The van der Waals surface area contributed by atoms with Crippen molar-refractivity contribution in [3.8, 4) is 17.6 Å². The summed E-state index contributed by atoms with van der Waals surface area (Å²) in [6.45, 7) is -0.283. The molecule has 12 nitrogen and oxygen atoms in total. The van der Waals surface area contributed by atoms with E-state index in [0.717, 1.165) is 27.3 Å². The van der Waals surface area contributed by atoms with Gasteiger partial charge in [-0.3, -0.25) is 14.2 Å². The minimum absolute atomic E-state index is 0.00402. The zero-order valence-corrected chi connectivity index (χ0v) is 28.5. The number of nitrogens with zero attached hydrogens (tertiary/aromatic N) is 3. The molecule has 1 aliphatic heterocycles. The van der Waals surface area contributed by atoms with Gasteiger partial charge in [0.1, 0.15) is 35.4 Å². The van der Waals surface area contributed by atoms with E-state index in [1.165, 1.54) is 18.3 Å². The first-order valence-corrected chi connectivity index (χ1v) is 16.6. The van der Waals surface area contributed by atoms with Crippen molar-refractivity contribution in [2.75, 3.05) is 27.4 Å². The van der Waals surface area contributed by atoms with Gasteiger partial charge in [0.2, 0.25) is 0 Å². The number of nitriles is 1. The lowest BCUT2D eigenvalue weighted by Gasteiger charge is -2.37. The van der Waals surface area contributed by atoms with E-state index in [4.69, 9.17) is 23.7 Å². The highest BCUT2D eigenvalue weighted by Crippen LogP contribution is 2.43. The molecule has 0 spiro atoms. The van der Waals surface area contributed by atoms with Crippen LogP contribution in [0.25, 0.3) is 0 Å².